The van der Waals surface area contributed by atoms with Crippen molar-refractivity contribution in [3.05, 3.63) is 31.3 Å². The molecule has 8 nitrogen and oxygen atoms in total. The first-order valence-electron chi connectivity index (χ1n) is 8.87. The molecule has 146 valence electrons. The highest BCUT2D eigenvalue weighted by Crippen LogP contribution is 2.39. The van der Waals surface area contributed by atoms with Crippen molar-refractivity contribution in [2.45, 2.75) is 37.9 Å². The van der Waals surface area contributed by atoms with Crippen molar-refractivity contribution in [2.75, 3.05) is 26.8 Å². The molecule has 0 spiro atoms. The molecule has 2 amide bonds. The van der Waals surface area contributed by atoms with Crippen molar-refractivity contribution in [1.29, 1.82) is 0 Å². The lowest BCUT2D eigenvalue weighted by atomic mass is 10.2. The lowest BCUT2D eigenvalue weighted by molar-refractivity contribution is 0.186. The van der Waals surface area contributed by atoms with Gasteiger partial charge >= 0.3 is 11.7 Å². The fourth-order valence-electron chi connectivity index (χ4n) is 3.49. The summed E-state index contributed by atoms with van der Waals surface area (Å²) < 4.78 is 8.04. The van der Waals surface area contributed by atoms with E-state index >= 15 is 0 Å². The maximum absolute atomic E-state index is 13.1. The van der Waals surface area contributed by atoms with Crippen molar-refractivity contribution in [2.24, 2.45) is 0 Å². The Morgan fingerprint density at radius 1 is 1.33 bits per heavy atom. The Balaban J connectivity index is 1.88. The Hall–Kier alpha value is -1.84. The zero-order chi connectivity index (χ0) is 19.3. The van der Waals surface area contributed by atoms with Crippen LogP contribution in [0, 0.1) is 6.92 Å². The minimum atomic E-state index is -0.343. The second-order valence-corrected chi connectivity index (χ2v) is 8.55. The molecule has 2 aliphatic rings. The number of amides is 2. The van der Waals surface area contributed by atoms with Gasteiger partial charge < -0.3 is 15.0 Å². The second kappa shape index (κ2) is 6.96. The number of carbonyl (C=O) groups excluding carboxylic acids is 1. The van der Waals surface area contributed by atoms with Crippen LogP contribution in [0.2, 0.25) is 0 Å². The molecule has 4 rings (SSSR count). The number of alkyl halides is 1. The maximum atomic E-state index is 13.1. The van der Waals surface area contributed by atoms with Gasteiger partial charge in [-0.15, -0.1) is 22.9 Å². The highest BCUT2D eigenvalue weighted by atomic mass is 35.5. The van der Waals surface area contributed by atoms with Gasteiger partial charge in [0.05, 0.1) is 36.5 Å². The lowest BCUT2D eigenvalue weighted by Gasteiger charge is -2.12. The number of rotatable bonds is 6. The first-order chi connectivity index (χ1) is 12.9. The van der Waals surface area contributed by atoms with Crippen LogP contribution in [0.3, 0.4) is 0 Å². The number of thiophene rings is 1. The molecule has 0 bridgehead atoms. The normalized spacial score (nSPS) is 21.9. The number of halogens is 1. The number of nitrogens with zero attached hydrogens (tertiary/aromatic N) is 3. The monoisotopic (exact) mass is 412 g/mol. The average molecular weight is 413 g/mol. The zero-order valence-corrected chi connectivity index (χ0v) is 16.7. The van der Waals surface area contributed by atoms with Gasteiger partial charge in [0.1, 0.15) is 4.83 Å². The van der Waals surface area contributed by atoms with Crippen molar-refractivity contribution in [3.8, 4) is 0 Å². The summed E-state index contributed by atoms with van der Waals surface area (Å²) in [5.41, 5.74) is 0.193. The summed E-state index contributed by atoms with van der Waals surface area (Å²) in [5.74, 6) is 0. The molecule has 3 heterocycles. The van der Waals surface area contributed by atoms with Crippen LogP contribution in [0.15, 0.2) is 9.59 Å². The minimum Gasteiger partial charge on any atom is -0.383 e. The van der Waals surface area contributed by atoms with Crippen molar-refractivity contribution in [3.63, 3.8) is 0 Å². The van der Waals surface area contributed by atoms with Gasteiger partial charge in [0.2, 0.25) is 0 Å². The van der Waals surface area contributed by atoms with Crippen LogP contribution in [-0.4, -0.2) is 52.2 Å². The number of carbonyl (C=O) groups is 1. The quantitative estimate of drug-likeness (QED) is 0.724. The van der Waals surface area contributed by atoms with Crippen LogP contribution < -0.4 is 16.6 Å². The molecule has 1 saturated carbocycles. The van der Waals surface area contributed by atoms with Crippen molar-refractivity contribution >= 4 is 39.2 Å². The molecule has 10 heteroatoms. The van der Waals surface area contributed by atoms with Gasteiger partial charge in [0.25, 0.3) is 5.56 Å². The summed E-state index contributed by atoms with van der Waals surface area (Å²) in [6, 6.07) is -0.360. The van der Waals surface area contributed by atoms with Crippen molar-refractivity contribution < 1.29 is 9.53 Å². The number of hydrogen-bond donors (Lipinski definition) is 1. The predicted molar refractivity (Wildman–Crippen MR) is 104 cm³/mol. The Kier molecular flexibility index (Phi) is 4.77. The Bertz CT molecular complexity index is 1030. The molecule has 1 N–H and O–H groups in total. The number of fused-ring (bicyclic) bond motifs is 1. The largest absolute Gasteiger partial charge is 0.383 e. The Morgan fingerprint density at radius 2 is 2.07 bits per heavy atom. The topological polar surface area (TPSA) is 85.6 Å². The molecule has 2 atom stereocenters. The van der Waals surface area contributed by atoms with Gasteiger partial charge in [0, 0.05) is 25.1 Å². The highest BCUT2D eigenvalue weighted by molar-refractivity contribution is 7.18. The molecule has 0 radical (unpaired) electrons. The second-order valence-electron chi connectivity index (χ2n) is 6.91. The summed E-state index contributed by atoms with van der Waals surface area (Å²) in [6.45, 7) is 4.27. The Labute approximate surface area is 164 Å². The van der Waals surface area contributed by atoms with Gasteiger partial charge in [-0.1, -0.05) is 0 Å². The van der Waals surface area contributed by atoms with Gasteiger partial charge in [-0.05, 0) is 18.9 Å². The van der Waals surface area contributed by atoms with Crippen LogP contribution in [0.25, 0.3) is 10.2 Å². The summed E-state index contributed by atoms with van der Waals surface area (Å²) in [6.07, 6.45) is 0.622. The van der Waals surface area contributed by atoms with E-state index in [1.807, 2.05) is 6.92 Å². The molecule has 2 aromatic heterocycles. The zero-order valence-electron chi connectivity index (χ0n) is 15.2. The van der Waals surface area contributed by atoms with E-state index in [-0.39, 0.29) is 28.7 Å². The first-order valence-corrected chi connectivity index (χ1v) is 10.1. The van der Waals surface area contributed by atoms with Gasteiger partial charge in [-0.3, -0.25) is 13.9 Å². The van der Waals surface area contributed by atoms with E-state index in [1.165, 1.54) is 15.9 Å². The number of ether oxygens (including phenoxy) is 1. The maximum Gasteiger partial charge on any atom is 0.332 e. The lowest BCUT2D eigenvalue weighted by Crippen LogP contribution is -2.40. The van der Waals surface area contributed by atoms with E-state index in [0.29, 0.717) is 49.4 Å². The summed E-state index contributed by atoms with van der Waals surface area (Å²) in [7, 11) is 1.57. The molecule has 2 unspecified atom stereocenters. The number of hydrogen-bond acceptors (Lipinski definition) is 5. The number of aromatic nitrogens is 2. The molecule has 2 aromatic rings. The molecule has 2 fully saturated rings. The fraction of sp³-hybridized carbons (Fsp3) is 0.588. The molecular weight excluding hydrogens is 392 g/mol. The van der Waals surface area contributed by atoms with Gasteiger partial charge in [-0.2, -0.15) is 0 Å². The van der Waals surface area contributed by atoms with Crippen LogP contribution in [0.5, 0.6) is 0 Å². The van der Waals surface area contributed by atoms with E-state index in [0.717, 1.165) is 10.4 Å². The minimum absolute atomic E-state index is 0.107. The fourth-order valence-corrected chi connectivity index (χ4v) is 5.11. The van der Waals surface area contributed by atoms with Gasteiger partial charge in [0.15, 0.2) is 0 Å². The molecule has 27 heavy (non-hydrogen) atoms. The summed E-state index contributed by atoms with van der Waals surface area (Å²) in [4.78, 5) is 41.3. The smallest absolute Gasteiger partial charge is 0.332 e. The molecule has 1 aliphatic heterocycles. The third kappa shape index (κ3) is 3.07. The molecule has 1 aliphatic carbocycles. The number of nitrogens with one attached hydrogen (secondary N) is 1. The van der Waals surface area contributed by atoms with E-state index in [1.54, 1.807) is 16.6 Å². The van der Waals surface area contributed by atoms with E-state index in [4.69, 9.17) is 16.3 Å². The summed E-state index contributed by atoms with van der Waals surface area (Å²) in [5, 5.41) is 3.14. The SMILES string of the molecule is COCCn1c(=O)n(C2CC2Cl)c(=O)c2c(C)c(CN3CCNC3=O)sc21. The van der Waals surface area contributed by atoms with Crippen LogP contribution in [0.1, 0.15) is 22.9 Å². The van der Waals surface area contributed by atoms with Crippen LogP contribution in [0.4, 0.5) is 4.79 Å². The Morgan fingerprint density at radius 3 is 2.67 bits per heavy atom. The highest BCUT2D eigenvalue weighted by Gasteiger charge is 2.40. The van der Waals surface area contributed by atoms with Crippen LogP contribution in [-0.2, 0) is 17.8 Å². The number of urea groups is 1. The van der Waals surface area contributed by atoms with E-state index in [2.05, 4.69) is 5.32 Å². The van der Waals surface area contributed by atoms with Gasteiger partial charge in [-0.25, -0.2) is 9.59 Å². The predicted octanol–water partition coefficient (Wildman–Crippen LogP) is 1.26. The average Bonchev–Trinajstić information content (AvgIpc) is 3.04. The third-order valence-electron chi connectivity index (χ3n) is 5.15. The van der Waals surface area contributed by atoms with Crippen molar-refractivity contribution in [1.82, 2.24) is 19.4 Å². The van der Waals surface area contributed by atoms with E-state index < -0.39 is 0 Å². The summed E-state index contributed by atoms with van der Waals surface area (Å²) >= 11 is 7.53. The third-order valence-corrected chi connectivity index (χ3v) is 6.92. The standard InChI is InChI=1S/C17H21ClN4O4S/c1-9-12(8-20-4-3-19-16(20)24)27-15-13(9)14(23)22(11-7-10(11)18)17(25)21(15)5-6-26-2/h10-11H,3-8H2,1-2H3,(H,19,24). The number of aryl methyl sites for hydroxylation is 1. The van der Waals surface area contributed by atoms with Crippen LogP contribution >= 0.6 is 22.9 Å². The molecule has 0 aromatic carbocycles. The number of methoxy groups -OCH3 is 1. The van der Waals surface area contributed by atoms with E-state index in [9.17, 15) is 14.4 Å². The molecular formula is C17H21ClN4O4S. The first kappa shape index (κ1) is 18.5. The molecule has 1 saturated heterocycles.